The van der Waals surface area contributed by atoms with Crippen LogP contribution in [0.5, 0.6) is 5.88 Å². The number of carbonyl (C=O) groups is 1. The maximum atomic E-state index is 12.7. The van der Waals surface area contributed by atoms with Gasteiger partial charge in [-0.25, -0.2) is 14.8 Å². The molecule has 0 radical (unpaired) electrons. The molecule has 12 nitrogen and oxygen atoms in total. The van der Waals surface area contributed by atoms with E-state index >= 15 is 0 Å². The van der Waals surface area contributed by atoms with Crippen LogP contribution in [0.4, 0.5) is 11.8 Å². The SMILES string of the molecule is CCN(CC)c1ncc(-c2c(C)noc2C)c(N[C@@H](Cc2ccc(-c3c(OC)ncn(C)c3=O)cc2)C(=O)O)n1. The second-order valence-electron chi connectivity index (χ2n) is 9.28. The molecule has 0 saturated carbocycles. The zero-order valence-corrected chi connectivity index (χ0v) is 23.4. The van der Waals surface area contributed by atoms with Gasteiger partial charge < -0.3 is 29.2 Å². The Kier molecular flexibility index (Phi) is 8.46. The van der Waals surface area contributed by atoms with Crippen LogP contribution in [0, 0.1) is 13.8 Å². The van der Waals surface area contributed by atoms with Crippen molar-refractivity contribution >= 4 is 17.7 Å². The van der Waals surface area contributed by atoms with Gasteiger partial charge in [0.15, 0.2) is 0 Å². The number of hydrogen-bond acceptors (Lipinski definition) is 10. The van der Waals surface area contributed by atoms with Crippen LogP contribution in [0.25, 0.3) is 22.3 Å². The largest absolute Gasteiger partial charge is 0.480 e. The van der Waals surface area contributed by atoms with Gasteiger partial charge in [-0.2, -0.15) is 4.98 Å². The Hall–Kier alpha value is -4.74. The first-order chi connectivity index (χ1) is 19.2. The first-order valence-electron chi connectivity index (χ1n) is 12.9. The Morgan fingerprint density at radius 2 is 1.85 bits per heavy atom. The van der Waals surface area contributed by atoms with E-state index < -0.39 is 12.0 Å². The molecule has 0 aliphatic carbocycles. The van der Waals surface area contributed by atoms with E-state index in [0.29, 0.717) is 58.6 Å². The summed E-state index contributed by atoms with van der Waals surface area (Å²) in [6.07, 6.45) is 3.23. The highest BCUT2D eigenvalue weighted by Crippen LogP contribution is 2.33. The smallest absolute Gasteiger partial charge is 0.326 e. The lowest BCUT2D eigenvalue weighted by Gasteiger charge is -2.22. The van der Waals surface area contributed by atoms with Gasteiger partial charge in [0.2, 0.25) is 11.8 Å². The molecule has 2 N–H and O–H groups in total. The zero-order valence-electron chi connectivity index (χ0n) is 23.4. The monoisotopic (exact) mass is 547 g/mol. The van der Waals surface area contributed by atoms with E-state index in [1.165, 1.54) is 18.0 Å². The topological polar surface area (TPSA) is 148 Å². The number of carboxylic acid groups (broad SMARTS) is 1. The number of aromatic nitrogens is 5. The molecule has 1 atom stereocenters. The Morgan fingerprint density at radius 1 is 1.15 bits per heavy atom. The molecule has 4 aromatic rings. The summed E-state index contributed by atoms with van der Waals surface area (Å²) in [4.78, 5) is 40.5. The maximum absolute atomic E-state index is 12.7. The average molecular weight is 548 g/mol. The van der Waals surface area contributed by atoms with Crippen molar-refractivity contribution in [3.8, 4) is 28.1 Å². The third-order valence-corrected chi connectivity index (χ3v) is 6.71. The van der Waals surface area contributed by atoms with Crippen molar-refractivity contribution in [2.24, 2.45) is 7.05 Å². The van der Waals surface area contributed by atoms with Gasteiger partial charge in [-0.3, -0.25) is 4.79 Å². The summed E-state index contributed by atoms with van der Waals surface area (Å²) in [6.45, 7) is 9.00. The molecule has 0 amide bonds. The summed E-state index contributed by atoms with van der Waals surface area (Å²) in [5.74, 6) is 0.627. The van der Waals surface area contributed by atoms with Gasteiger partial charge in [-0.1, -0.05) is 29.4 Å². The van der Waals surface area contributed by atoms with Crippen molar-refractivity contribution < 1.29 is 19.2 Å². The predicted octanol–water partition coefficient (Wildman–Crippen LogP) is 3.47. The van der Waals surface area contributed by atoms with Crippen LogP contribution in [0.2, 0.25) is 0 Å². The summed E-state index contributed by atoms with van der Waals surface area (Å²) < 4.78 is 12.0. The maximum Gasteiger partial charge on any atom is 0.326 e. The second kappa shape index (κ2) is 12.0. The average Bonchev–Trinajstić information content (AvgIpc) is 3.28. The lowest BCUT2D eigenvalue weighted by Crippen LogP contribution is -2.33. The van der Waals surface area contributed by atoms with E-state index in [1.54, 1.807) is 44.4 Å². The van der Waals surface area contributed by atoms with Crippen LogP contribution in [-0.2, 0) is 18.3 Å². The summed E-state index contributed by atoms with van der Waals surface area (Å²) in [5.41, 5.74) is 3.43. The molecule has 3 aromatic heterocycles. The molecule has 0 bridgehead atoms. The lowest BCUT2D eigenvalue weighted by atomic mass is 10.0. The van der Waals surface area contributed by atoms with Crippen LogP contribution in [0.3, 0.4) is 0 Å². The summed E-state index contributed by atoms with van der Waals surface area (Å²) in [5, 5.41) is 17.3. The van der Waals surface area contributed by atoms with Crippen molar-refractivity contribution in [3.05, 3.63) is 64.2 Å². The molecular formula is C28H33N7O5. The van der Waals surface area contributed by atoms with Crippen molar-refractivity contribution in [2.75, 3.05) is 30.4 Å². The van der Waals surface area contributed by atoms with Gasteiger partial charge in [-0.15, -0.1) is 0 Å². The van der Waals surface area contributed by atoms with Crippen molar-refractivity contribution in [3.63, 3.8) is 0 Å². The Morgan fingerprint density at radius 3 is 2.42 bits per heavy atom. The minimum atomic E-state index is -1.04. The molecule has 4 rings (SSSR count). The highest BCUT2D eigenvalue weighted by Gasteiger charge is 2.24. The normalized spacial score (nSPS) is 11.8. The van der Waals surface area contributed by atoms with E-state index in [1.807, 2.05) is 25.7 Å². The Bertz CT molecular complexity index is 1540. The van der Waals surface area contributed by atoms with E-state index in [2.05, 4.69) is 20.4 Å². The number of anilines is 2. The van der Waals surface area contributed by atoms with Gasteiger partial charge >= 0.3 is 5.97 Å². The fourth-order valence-corrected chi connectivity index (χ4v) is 4.53. The van der Waals surface area contributed by atoms with E-state index in [0.717, 1.165) is 5.56 Å². The predicted molar refractivity (Wildman–Crippen MR) is 151 cm³/mol. The molecule has 40 heavy (non-hydrogen) atoms. The number of benzene rings is 1. The summed E-state index contributed by atoms with van der Waals surface area (Å²) >= 11 is 0. The van der Waals surface area contributed by atoms with Gasteiger partial charge in [0, 0.05) is 38.3 Å². The molecule has 0 aliphatic heterocycles. The number of nitrogens with one attached hydrogen (secondary N) is 1. The van der Waals surface area contributed by atoms with Gasteiger partial charge in [-0.05, 0) is 38.8 Å². The standard InChI is InChI=1S/C28H33N7O5/c1-7-35(8-2)28-29-14-20(22-16(3)33-40-17(22)4)24(32-28)31-21(27(37)38)13-18-9-11-19(12-10-18)23-25(39-6)30-15-34(5)26(23)36/h9-12,14-15,21H,7-8,13H2,1-6H3,(H,37,38)(H,29,31,32)/t21-/m0/s1. The molecule has 12 heteroatoms. The first kappa shape index (κ1) is 28.3. The molecule has 0 unspecified atom stereocenters. The third-order valence-electron chi connectivity index (χ3n) is 6.71. The lowest BCUT2D eigenvalue weighted by molar-refractivity contribution is -0.137. The molecule has 0 saturated heterocycles. The van der Waals surface area contributed by atoms with E-state index in [9.17, 15) is 14.7 Å². The minimum Gasteiger partial charge on any atom is -0.480 e. The third kappa shape index (κ3) is 5.65. The number of hydrogen-bond donors (Lipinski definition) is 2. The summed E-state index contributed by atoms with van der Waals surface area (Å²) in [6, 6.07) is 6.08. The number of aryl methyl sites for hydroxylation is 3. The number of rotatable bonds is 11. The zero-order chi connectivity index (χ0) is 29.0. The van der Waals surface area contributed by atoms with E-state index in [-0.39, 0.29) is 17.9 Å². The number of ether oxygens (including phenoxy) is 1. The summed E-state index contributed by atoms with van der Waals surface area (Å²) in [7, 11) is 3.07. The van der Waals surface area contributed by atoms with E-state index in [4.69, 9.17) is 14.2 Å². The molecule has 210 valence electrons. The van der Waals surface area contributed by atoms with Crippen molar-refractivity contribution in [1.82, 2.24) is 24.7 Å². The quantitative estimate of drug-likeness (QED) is 0.284. The number of methoxy groups -OCH3 is 1. The molecule has 0 spiro atoms. The van der Waals surface area contributed by atoms with Gasteiger partial charge in [0.1, 0.15) is 29.5 Å². The fraction of sp³-hybridized carbons (Fsp3) is 0.357. The Balaban J connectivity index is 1.68. The number of aliphatic carboxylic acids is 1. The highest BCUT2D eigenvalue weighted by atomic mass is 16.5. The van der Waals surface area contributed by atoms with Crippen LogP contribution in [0.15, 0.2) is 46.1 Å². The Labute approximate surface area is 231 Å². The minimum absolute atomic E-state index is 0.156. The molecule has 0 aliphatic rings. The molecule has 1 aromatic carbocycles. The van der Waals surface area contributed by atoms with Gasteiger partial charge in [0.25, 0.3) is 5.56 Å². The number of carboxylic acids is 1. The first-order valence-corrected chi connectivity index (χ1v) is 12.9. The molecule has 3 heterocycles. The number of nitrogens with zero attached hydrogens (tertiary/aromatic N) is 6. The van der Waals surface area contributed by atoms with Crippen molar-refractivity contribution in [1.29, 1.82) is 0 Å². The second-order valence-corrected chi connectivity index (χ2v) is 9.28. The molecular weight excluding hydrogens is 514 g/mol. The van der Waals surface area contributed by atoms with Crippen LogP contribution < -0.4 is 20.5 Å². The van der Waals surface area contributed by atoms with Crippen LogP contribution in [0.1, 0.15) is 30.9 Å². The fourth-order valence-electron chi connectivity index (χ4n) is 4.53. The van der Waals surface area contributed by atoms with Crippen LogP contribution >= 0.6 is 0 Å². The molecule has 0 fully saturated rings. The highest BCUT2D eigenvalue weighted by molar-refractivity contribution is 5.83. The van der Waals surface area contributed by atoms with Crippen molar-refractivity contribution in [2.45, 2.75) is 40.2 Å². The van der Waals surface area contributed by atoms with Gasteiger partial charge in [0.05, 0.1) is 18.4 Å². The van der Waals surface area contributed by atoms with Crippen LogP contribution in [-0.4, -0.2) is 62.0 Å².